The van der Waals surface area contributed by atoms with Crippen molar-refractivity contribution in [1.82, 2.24) is 4.90 Å². The Balaban J connectivity index is 1.31. The number of hydrogen-bond donors (Lipinski definition) is 1. The third-order valence-corrected chi connectivity index (χ3v) is 9.28. The topological polar surface area (TPSA) is 41.9 Å². The summed E-state index contributed by atoms with van der Waals surface area (Å²) in [5, 5.41) is 12.5. The van der Waals surface area contributed by atoms with Crippen LogP contribution in [0.2, 0.25) is 0 Å². The van der Waals surface area contributed by atoms with Gasteiger partial charge in [-0.3, -0.25) is 4.90 Å². The number of piperidine rings is 1. The van der Waals surface area contributed by atoms with E-state index in [2.05, 4.69) is 36.1 Å². The maximum atomic E-state index is 12.5. The molecule has 0 aromatic heterocycles. The molecule has 2 bridgehead atoms. The Labute approximate surface area is 190 Å². The quantitative estimate of drug-likeness (QED) is 0.759. The Kier molecular flexibility index (Phi) is 4.09. The summed E-state index contributed by atoms with van der Waals surface area (Å²) in [5.74, 6) is 3.04. The fourth-order valence-electron chi connectivity index (χ4n) is 7.57. The van der Waals surface area contributed by atoms with Crippen LogP contribution in [0, 0.1) is 11.8 Å². The van der Waals surface area contributed by atoms with Crippen LogP contribution in [0.5, 0.6) is 11.5 Å². The van der Waals surface area contributed by atoms with Crippen molar-refractivity contribution in [3.05, 3.63) is 59.2 Å². The van der Waals surface area contributed by atoms with Crippen LogP contribution in [0.3, 0.4) is 0 Å². The van der Waals surface area contributed by atoms with E-state index in [-0.39, 0.29) is 17.6 Å². The van der Waals surface area contributed by atoms with Crippen molar-refractivity contribution in [1.29, 1.82) is 0 Å². The van der Waals surface area contributed by atoms with Crippen LogP contribution in [0.1, 0.15) is 55.7 Å². The van der Waals surface area contributed by atoms with E-state index < -0.39 is 5.60 Å². The van der Waals surface area contributed by atoms with E-state index in [1.54, 1.807) is 0 Å². The number of likely N-dealkylation sites (tertiary alicyclic amines) is 1. The Morgan fingerprint density at radius 2 is 1.94 bits per heavy atom. The van der Waals surface area contributed by atoms with Crippen molar-refractivity contribution >= 4 is 0 Å². The minimum Gasteiger partial charge on any atom is -0.485 e. The first-order valence-electron chi connectivity index (χ1n) is 12.6. The molecule has 32 heavy (non-hydrogen) atoms. The number of rotatable bonds is 5. The first-order chi connectivity index (χ1) is 15.6. The van der Waals surface area contributed by atoms with E-state index in [0.29, 0.717) is 12.5 Å². The van der Waals surface area contributed by atoms with Gasteiger partial charge in [-0.1, -0.05) is 43.3 Å². The number of aliphatic hydroxyl groups is 1. The monoisotopic (exact) mass is 431 g/mol. The molecular formula is C28H33NO3. The summed E-state index contributed by atoms with van der Waals surface area (Å²) >= 11 is 0. The summed E-state index contributed by atoms with van der Waals surface area (Å²) in [6.07, 6.45) is 6.59. The summed E-state index contributed by atoms with van der Waals surface area (Å²) in [5.41, 5.74) is 2.82. The lowest BCUT2D eigenvalue weighted by atomic mass is 9.47. The van der Waals surface area contributed by atoms with Crippen molar-refractivity contribution in [2.45, 2.75) is 75.2 Å². The zero-order valence-electron chi connectivity index (χ0n) is 18.9. The van der Waals surface area contributed by atoms with Crippen LogP contribution in [0.15, 0.2) is 42.5 Å². The smallest absolute Gasteiger partial charge is 0.165 e. The number of benzene rings is 2. The van der Waals surface area contributed by atoms with Crippen LogP contribution in [-0.4, -0.2) is 40.8 Å². The molecule has 3 aliphatic carbocycles. The van der Waals surface area contributed by atoms with Gasteiger partial charge in [-0.2, -0.15) is 0 Å². The predicted octanol–water partition coefficient (Wildman–Crippen LogP) is 4.47. The fraction of sp³-hybridized carbons (Fsp3) is 0.571. The molecule has 7 rings (SSSR count). The second-order valence-corrected chi connectivity index (χ2v) is 11.1. The normalized spacial score (nSPS) is 37.0. The lowest BCUT2D eigenvalue weighted by molar-refractivity contribution is -0.196. The van der Waals surface area contributed by atoms with E-state index in [1.807, 2.05) is 18.2 Å². The number of hydrogen-bond acceptors (Lipinski definition) is 4. The maximum absolute atomic E-state index is 12.5. The van der Waals surface area contributed by atoms with Gasteiger partial charge in [0, 0.05) is 18.2 Å². The molecule has 3 fully saturated rings. The van der Waals surface area contributed by atoms with Crippen molar-refractivity contribution < 1.29 is 14.6 Å². The Morgan fingerprint density at radius 3 is 2.75 bits per heavy atom. The minimum absolute atomic E-state index is 0.0438. The van der Waals surface area contributed by atoms with E-state index in [9.17, 15) is 5.11 Å². The second kappa shape index (κ2) is 6.74. The molecule has 0 radical (unpaired) electrons. The molecule has 1 spiro atoms. The molecule has 1 saturated heterocycles. The highest BCUT2D eigenvalue weighted by atomic mass is 16.5. The lowest BCUT2D eigenvalue weighted by Crippen LogP contribution is -2.76. The zero-order valence-corrected chi connectivity index (χ0v) is 18.9. The van der Waals surface area contributed by atoms with Crippen LogP contribution in [0.4, 0.5) is 0 Å². The molecule has 1 unspecified atom stereocenters. The van der Waals surface area contributed by atoms with Gasteiger partial charge in [0.05, 0.1) is 11.0 Å². The molecule has 5 aliphatic rings. The largest absolute Gasteiger partial charge is 0.485 e. The zero-order chi connectivity index (χ0) is 21.5. The summed E-state index contributed by atoms with van der Waals surface area (Å²) in [6, 6.07) is 14.9. The van der Waals surface area contributed by atoms with Crippen molar-refractivity contribution in [3.8, 4) is 11.5 Å². The maximum Gasteiger partial charge on any atom is 0.165 e. The Hall–Kier alpha value is -2.04. The van der Waals surface area contributed by atoms with Gasteiger partial charge in [0.15, 0.2) is 11.5 Å². The lowest BCUT2D eigenvalue weighted by Gasteiger charge is -2.64. The molecule has 2 aromatic carbocycles. The van der Waals surface area contributed by atoms with Crippen molar-refractivity contribution in [2.24, 2.45) is 11.8 Å². The van der Waals surface area contributed by atoms with Crippen LogP contribution in [-0.2, 0) is 18.4 Å². The number of ether oxygens (including phenoxy) is 2. The first kappa shape index (κ1) is 19.4. The Bertz CT molecular complexity index is 1050. The van der Waals surface area contributed by atoms with E-state index in [1.165, 1.54) is 24.0 Å². The van der Waals surface area contributed by atoms with Crippen molar-refractivity contribution in [3.63, 3.8) is 0 Å². The van der Waals surface area contributed by atoms with Gasteiger partial charge in [-0.05, 0) is 74.1 Å². The molecular weight excluding hydrogens is 398 g/mol. The van der Waals surface area contributed by atoms with Gasteiger partial charge in [-0.15, -0.1) is 0 Å². The van der Waals surface area contributed by atoms with Gasteiger partial charge < -0.3 is 14.6 Å². The van der Waals surface area contributed by atoms with Gasteiger partial charge in [0.25, 0.3) is 0 Å². The highest BCUT2D eigenvalue weighted by Gasteiger charge is 2.72. The van der Waals surface area contributed by atoms with Crippen LogP contribution < -0.4 is 9.47 Å². The molecule has 5 atom stereocenters. The predicted molar refractivity (Wildman–Crippen MR) is 123 cm³/mol. The van der Waals surface area contributed by atoms with E-state index in [0.717, 1.165) is 61.8 Å². The second-order valence-electron chi connectivity index (χ2n) is 11.1. The first-order valence-corrected chi connectivity index (χ1v) is 12.6. The third kappa shape index (κ3) is 2.51. The Morgan fingerprint density at radius 1 is 1.09 bits per heavy atom. The van der Waals surface area contributed by atoms with Crippen LogP contribution >= 0.6 is 0 Å². The highest BCUT2D eigenvalue weighted by molar-refractivity contribution is 5.62. The summed E-state index contributed by atoms with van der Waals surface area (Å²) in [7, 11) is 0. The third-order valence-electron chi connectivity index (χ3n) is 9.28. The van der Waals surface area contributed by atoms with Crippen LogP contribution in [0.25, 0.3) is 0 Å². The molecule has 2 saturated carbocycles. The molecule has 4 nitrogen and oxygen atoms in total. The molecule has 168 valence electrons. The van der Waals surface area contributed by atoms with Gasteiger partial charge in [0.2, 0.25) is 0 Å². The molecule has 4 heteroatoms. The van der Waals surface area contributed by atoms with E-state index in [4.69, 9.17) is 9.47 Å². The standard InChI is InChI=1S/C28H33NO3/c1-18-11-12-28(30)23-15-21-9-10-22(31-17-20-5-3-2-4-6-20)25-24(21)27(28,26(18)32-25)13-14-29(23)16-19-7-8-19/h2-6,9-10,18-19,23,26,30H,7-8,11-17H2,1H3/t18-,23+,26-,27-,28?/m0/s1. The highest BCUT2D eigenvalue weighted by Crippen LogP contribution is 2.66. The molecule has 2 aliphatic heterocycles. The average Bonchev–Trinajstić information content (AvgIpc) is 3.55. The molecule has 2 aromatic rings. The number of nitrogens with zero attached hydrogens (tertiary/aromatic N) is 1. The van der Waals surface area contributed by atoms with Gasteiger partial charge in [-0.25, -0.2) is 0 Å². The summed E-state index contributed by atoms with van der Waals surface area (Å²) in [6.45, 7) is 5.08. The molecule has 0 amide bonds. The SMILES string of the molecule is C[C@H]1CCC2(O)[C@H]3Cc4ccc(OCc5ccccc5)c5c4[C@@]2(CCN3CC2CC2)[C@H]1O5. The molecule has 2 heterocycles. The van der Waals surface area contributed by atoms with Gasteiger partial charge in [0.1, 0.15) is 12.7 Å². The summed E-state index contributed by atoms with van der Waals surface area (Å²) in [4.78, 5) is 2.64. The fourth-order valence-corrected chi connectivity index (χ4v) is 7.57. The average molecular weight is 432 g/mol. The van der Waals surface area contributed by atoms with E-state index >= 15 is 0 Å². The molecule has 1 N–H and O–H groups in total. The summed E-state index contributed by atoms with van der Waals surface area (Å²) < 4.78 is 13.1. The van der Waals surface area contributed by atoms with Crippen molar-refractivity contribution in [2.75, 3.05) is 13.1 Å². The minimum atomic E-state index is -0.701. The van der Waals surface area contributed by atoms with Gasteiger partial charge >= 0.3 is 0 Å².